The van der Waals surface area contributed by atoms with E-state index < -0.39 is 8.07 Å². The van der Waals surface area contributed by atoms with E-state index in [0.717, 1.165) is 12.5 Å². The predicted molar refractivity (Wildman–Crippen MR) is 93.1 cm³/mol. The van der Waals surface area contributed by atoms with E-state index in [1.165, 1.54) is 5.56 Å². The molecule has 0 unspecified atom stereocenters. The maximum atomic E-state index is 11.4. The average Bonchev–Trinajstić information content (AvgIpc) is 2.86. The van der Waals surface area contributed by atoms with Crippen LogP contribution in [0.3, 0.4) is 0 Å². The molecular weight excluding hydrogens is 344 g/mol. The van der Waals surface area contributed by atoms with Crippen molar-refractivity contribution >= 4 is 30.0 Å². The van der Waals surface area contributed by atoms with Gasteiger partial charge in [-0.05, 0) is 29.1 Å². The Morgan fingerprint density at radius 1 is 1.33 bits per heavy atom. The topological polar surface area (TPSA) is 26.3 Å². The molecule has 0 spiro atoms. The summed E-state index contributed by atoms with van der Waals surface area (Å²) in [7, 11) is -1.61. The molecule has 1 aromatic rings. The molecule has 1 aliphatic heterocycles. The molecule has 0 bridgehead atoms. The third-order valence-electron chi connectivity index (χ3n) is 4.06. The molecule has 2 rings (SSSR count). The second-order valence-electron chi connectivity index (χ2n) is 6.12. The average molecular weight is 365 g/mol. The summed E-state index contributed by atoms with van der Waals surface area (Å²) in [6.07, 6.45) is 6.45. The highest BCUT2D eigenvalue weighted by atomic mass is 79.9. The fourth-order valence-corrected chi connectivity index (χ4v) is 6.56. The summed E-state index contributed by atoms with van der Waals surface area (Å²) >= 11 is 3.34. The lowest BCUT2D eigenvalue weighted by Crippen LogP contribution is -2.41. The van der Waals surface area contributed by atoms with Crippen molar-refractivity contribution in [2.75, 3.05) is 0 Å². The minimum atomic E-state index is -1.61. The number of ether oxygens (including phenoxy) is 1. The maximum absolute atomic E-state index is 11.4. The lowest BCUT2D eigenvalue weighted by molar-refractivity contribution is -0.138. The number of cyclic esters (lactones) is 1. The first kappa shape index (κ1) is 16.2. The molecule has 112 valence electrons. The number of allylic oxidation sites excluding steroid dienone is 1. The van der Waals surface area contributed by atoms with Crippen molar-refractivity contribution in [2.24, 2.45) is 0 Å². The molecule has 1 aromatic carbocycles. The summed E-state index contributed by atoms with van der Waals surface area (Å²) in [4.78, 5) is 13.3. The third kappa shape index (κ3) is 4.42. The van der Waals surface area contributed by atoms with E-state index in [2.05, 4.69) is 59.4 Å². The van der Waals surface area contributed by atoms with Crippen molar-refractivity contribution in [3.8, 4) is 0 Å². The van der Waals surface area contributed by atoms with Gasteiger partial charge in [0.1, 0.15) is 6.10 Å². The van der Waals surface area contributed by atoms with Gasteiger partial charge >= 0.3 is 5.97 Å². The van der Waals surface area contributed by atoms with Gasteiger partial charge in [-0.15, -0.1) is 0 Å². The van der Waals surface area contributed by atoms with Crippen LogP contribution in [0.15, 0.2) is 53.5 Å². The van der Waals surface area contributed by atoms with Gasteiger partial charge in [0.05, 0.1) is 8.07 Å². The first-order chi connectivity index (χ1) is 10.0. The molecule has 2 atom stereocenters. The summed E-state index contributed by atoms with van der Waals surface area (Å²) in [5, 5.41) is 0. The van der Waals surface area contributed by atoms with Gasteiger partial charge in [0.25, 0.3) is 0 Å². The number of carbonyl (C=O) groups is 1. The van der Waals surface area contributed by atoms with Gasteiger partial charge in [-0.3, -0.25) is 0 Å². The zero-order valence-electron chi connectivity index (χ0n) is 12.5. The van der Waals surface area contributed by atoms with Crippen LogP contribution >= 0.6 is 15.9 Å². The van der Waals surface area contributed by atoms with Crippen LogP contribution in [-0.2, 0) is 15.6 Å². The van der Waals surface area contributed by atoms with E-state index in [0.29, 0.717) is 5.54 Å². The maximum Gasteiger partial charge on any atom is 0.331 e. The van der Waals surface area contributed by atoms with E-state index in [1.807, 2.05) is 17.1 Å². The Hall–Kier alpha value is -1.13. The van der Waals surface area contributed by atoms with Gasteiger partial charge in [0.2, 0.25) is 0 Å². The Labute approximate surface area is 136 Å². The lowest BCUT2D eigenvalue weighted by Gasteiger charge is -2.35. The van der Waals surface area contributed by atoms with E-state index in [-0.39, 0.29) is 12.1 Å². The van der Waals surface area contributed by atoms with Crippen LogP contribution in [0.2, 0.25) is 18.6 Å². The Morgan fingerprint density at radius 2 is 2.05 bits per heavy atom. The molecule has 1 heterocycles. The van der Waals surface area contributed by atoms with Crippen LogP contribution in [0, 0.1) is 0 Å². The Bertz CT molecular complexity index is 537. The van der Waals surface area contributed by atoms with Crippen molar-refractivity contribution in [3.05, 3.63) is 59.1 Å². The summed E-state index contributed by atoms with van der Waals surface area (Å²) in [5.41, 5.74) is 1.75. The molecule has 4 heteroatoms. The molecule has 2 nitrogen and oxygen atoms in total. The van der Waals surface area contributed by atoms with E-state index in [1.54, 1.807) is 6.08 Å². The SMILES string of the molecule is C[Si](C)(Cc1ccccc1)[C@@H](C/C=C/Br)[C@H]1C=CC(=O)O1. The van der Waals surface area contributed by atoms with Crippen molar-refractivity contribution in [1.82, 2.24) is 0 Å². The molecule has 0 saturated heterocycles. The Balaban J connectivity index is 2.17. The van der Waals surface area contributed by atoms with Gasteiger partial charge in [-0.2, -0.15) is 0 Å². The molecule has 0 amide bonds. The standard InChI is InChI=1S/C17H21BrO2Si/c1-21(2,13-14-7-4-3-5-8-14)16(9-6-12-18)15-10-11-17(19)20-15/h3-8,10-12,15-16H,9,13H2,1-2H3/b12-6+/t15-,16+/m1/s1. The minimum Gasteiger partial charge on any atom is -0.455 e. The fourth-order valence-electron chi connectivity index (χ4n) is 2.95. The summed E-state index contributed by atoms with van der Waals surface area (Å²) in [6, 6.07) is 11.7. The minimum absolute atomic E-state index is 0.0772. The number of carbonyl (C=O) groups excluding carboxylic acids is 1. The van der Waals surface area contributed by atoms with Crippen LogP contribution in [0.1, 0.15) is 12.0 Å². The Kier molecular flexibility index (Phi) is 5.59. The van der Waals surface area contributed by atoms with Gasteiger partial charge in [0.15, 0.2) is 0 Å². The lowest BCUT2D eigenvalue weighted by atomic mass is 10.2. The normalized spacial score (nSPS) is 20.0. The van der Waals surface area contributed by atoms with Crippen molar-refractivity contribution in [1.29, 1.82) is 0 Å². The molecule has 1 aliphatic rings. The predicted octanol–water partition coefficient (Wildman–Crippen LogP) is 4.63. The molecule has 0 fully saturated rings. The first-order valence-electron chi connectivity index (χ1n) is 7.21. The second-order valence-corrected chi connectivity index (χ2v) is 11.7. The van der Waals surface area contributed by atoms with Gasteiger partial charge < -0.3 is 4.74 Å². The zero-order chi connectivity index (χ0) is 15.3. The molecule has 21 heavy (non-hydrogen) atoms. The van der Waals surface area contributed by atoms with Crippen LogP contribution in [0.4, 0.5) is 0 Å². The van der Waals surface area contributed by atoms with E-state index in [4.69, 9.17) is 4.74 Å². The quantitative estimate of drug-likeness (QED) is 0.543. The second kappa shape index (κ2) is 7.23. The first-order valence-corrected chi connectivity index (χ1v) is 11.4. The summed E-state index contributed by atoms with van der Waals surface area (Å²) in [5.74, 6) is -0.211. The Morgan fingerprint density at radius 3 is 2.62 bits per heavy atom. The summed E-state index contributed by atoms with van der Waals surface area (Å²) < 4.78 is 5.48. The monoisotopic (exact) mass is 364 g/mol. The van der Waals surface area contributed by atoms with E-state index >= 15 is 0 Å². The fraction of sp³-hybridized carbons (Fsp3) is 0.353. The molecule has 0 aliphatic carbocycles. The van der Waals surface area contributed by atoms with Crippen LogP contribution in [0.25, 0.3) is 0 Å². The number of hydrogen-bond acceptors (Lipinski definition) is 2. The number of benzene rings is 1. The zero-order valence-corrected chi connectivity index (χ0v) is 15.0. The number of rotatable bonds is 6. The van der Waals surface area contributed by atoms with Gasteiger partial charge in [-0.25, -0.2) is 4.79 Å². The highest BCUT2D eigenvalue weighted by Gasteiger charge is 2.39. The van der Waals surface area contributed by atoms with Crippen molar-refractivity contribution in [3.63, 3.8) is 0 Å². The largest absolute Gasteiger partial charge is 0.455 e. The third-order valence-corrected chi connectivity index (χ3v) is 8.32. The van der Waals surface area contributed by atoms with Crippen molar-refractivity contribution < 1.29 is 9.53 Å². The summed E-state index contributed by atoms with van der Waals surface area (Å²) in [6.45, 7) is 4.76. The van der Waals surface area contributed by atoms with Crippen LogP contribution < -0.4 is 0 Å². The molecule has 0 radical (unpaired) electrons. The van der Waals surface area contributed by atoms with Gasteiger partial charge in [0, 0.05) is 6.08 Å². The van der Waals surface area contributed by atoms with Crippen LogP contribution in [-0.4, -0.2) is 20.1 Å². The molecule has 0 saturated carbocycles. The molecule has 0 aromatic heterocycles. The van der Waals surface area contributed by atoms with Crippen LogP contribution in [0.5, 0.6) is 0 Å². The smallest absolute Gasteiger partial charge is 0.331 e. The van der Waals surface area contributed by atoms with Crippen molar-refractivity contribution in [2.45, 2.75) is 37.2 Å². The highest BCUT2D eigenvalue weighted by molar-refractivity contribution is 9.11. The number of esters is 1. The molecule has 0 N–H and O–H groups in total. The highest BCUT2D eigenvalue weighted by Crippen LogP contribution is 2.36. The van der Waals surface area contributed by atoms with E-state index in [9.17, 15) is 4.79 Å². The molecular formula is C17H21BrO2Si. The number of halogens is 1. The number of hydrogen-bond donors (Lipinski definition) is 0. The van der Waals surface area contributed by atoms with Gasteiger partial charge in [-0.1, -0.05) is 71.0 Å².